The number of carbonyl (C=O) groups excluding carboxylic acids is 1. The number of rotatable bonds is 1. The van der Waals surface area contributed by atoms with Gasteiger partial charge in [0.25, 0.3) is 0 Å². The number of carbonyl (C=O) groups is 1. The molecule has 0 radical (unpaired) electrons. The Morgan fingerprint density at radius 1 is 1.20 bits per heavy atom. The highest BCUT2D eigenvalue weighted by molar-refractivity contribution is 6.00. The van der Waals surface area contributed by atoms with Gasteiger partial charge in [-0.2, -0.15) is 0 Å². The zero-order chi connectivity index (χ0) is 17.2. The summed E-state index contributed by atoms with van der Waals surface area (Å²) < 4.78 is 0. The highest BCUT2D eigenvalue weighted by Crippen LogP contribution is 2.62. The number of phenols is 1. The van der Waals surface area contributed by atoms with E-state index in [9.17, 15) is 9.90 Å². The van der Waals surface area contributed by atoms with Gasteiger partial charge in [0.1, 0.15) is 5.75 Å². The summed E-state index contributed by atoms with van der Waals surface area (Å²) in [6.07, 6.45) is 4.08. The SMILES string of the molecule is CC1CCN(C(=O)C2CC23CCc2ccccc23)c2c(O)cccc21. The number of phenolic OH excluding ortho intramolecular Hbond substituents is 1. The predicted molar refractivity (Wildman–Crippen MR) is 98.0 cm³/mol. The van der Waals surface area contributed by atoms with Gasteiger partial charge in [-0.3, -0.25) is 4.79 Å². The van der Waals surface area contributed by atoms with Crippen LogP contribution in [0.1, 0.15) is 48.8 Å². The minimum atomic E-state index is 0.0568. The Balaban J connectivity index is 1.49. The normalized spacial score (nSPS) is 29.4. The smallest absolute Gasteiger partial charge is 0.231 e. The van der Waals surface area contributed by atoms with Crippen molar-refractivity contribution < 1.29 is 9.90 Å². The molecule has 3 aliphatic rings. The van der Waals surface area contributed by atoms with E-state index >= 15 is 0 Å². The van der Waals surface area contributed by atoms with E-state index in [0.29, 0.717) is 12.5 Å². The van der Waals surface area contributed by atoms with Gasteiger partial charge in [0.05, 0.1) is 5.69 Å². The molecule has 3 unspecified atom stereocenters. The van der Waals surface area contributed by atoms with Crippen molar-refractivity contribution in [1.29, 1.82) is 0 Å². The molecular formula is C22H23NO2. The van der Waals surface area contributed by atoms with Crippen LogP contribution in [0.25, 0.3) is 0 Å². The molecule has 2 aromatic carbocycles. The molecule has 1 saturated carbocycles. The van der Waals surface area contributed by atoms with Crippen LogP contribution in [0, 0.1) is 5.92 Å². The third-order valence-corrected chi connectivity index (χ3v) is 6.67. The molecule has 1 heterocycles. The first-order valence-corrected chi connectivity index (χ1v) is 9.33. The summed E-state index contributed by atoms with van der Waals surface area (Å²) in [5, 5.41) is 10.4. The van der Waals surface area contributed by atoms with Gasteiger partial charge < -0.3 is 10.0 Å². The molecule has 0 saturated heterocycles. The number of hydrogen-bond donors (Lipinski definition) is 1. The molecule has 0 aromatic heterocycles. The van der Waals surface area contributed by atoms with Crippen LogP contribution < -0.4 is 4.90 Å². The minimum absolute atomic E-state index is 0.0568. The topological polar surface area (TPSA) is 40.5 Å². The second-order valence-electron chi connectivity index (χ2n) is 7.96. The molecule has 3 heteroatoms. The number of amides is 1. The zero-order valence-electron chi connectivity index (χ0n) is 14.5. The molecule has 0 bridgehead atoms. The number of aryl methyl sites for hydroxylation is 1. The first-order valence-electron chi connectivity index (χ1n) is 9.33. The van der Waals surface area contributed by atoms with Crippen molar-refractivity contribution in [2.75, 3.05) is 11.4 Å². The molecule has 1 fully saturated rings. The molecule has 1 amide bonds. The molecule has 1 N–H and O–H groups in total. The Hall–Kier alpha value is -2.29. The number of aromatic hydroxyl groups is 1. The number of benzene rings is 2. The van der Waals surface area contributed by atoms with Crippen LogP contribution in [-0.2, 0) is 16.6 Å². The van der Waals surface area contributed by atoms with E-state index in [-0.39, 0.29) is 23.0 Å². The van der Waals surface area contributed by atoms with Crippen molar-refractivity contribution in [3.05, 3.63) is 59.2 Å². The summed E-state index contributed by atoms with van der Waals surface area (Å²) in [6.45, 7) is 2.88. The Morgan fingerprint density at radius 2 is 2.04 bits per heavy atom. The maximum absolute atomic E-state index is 13.4. The maximum Gasteiger partial charge on any atom is 0.231 e. The third-order valence-electron chi connectivity index (χ3n) is 6.67. The highest BCUT2D eigenvalue weighted by atomic mass is 16.3. The molecule has 2 aliphatic carbocycles. The molecule has 3 nitrogen and oxygen atoms in total. The molecule has 2 aromatic rings. The Morgan fingerprint density at radius 3 is 2.92 bits per heavy atom. The highest BCUT2D eigenvalue weighted by Gasteiger charge is 2.62. The fraction of sp³-hybridized carbons (Fsp3) is 0.409. The van der Waals surface area contributed by atoms with Crippen molar-refractivity contribution in [3.8, 4) is 5.75 Å². The molecule has 5 rings (SSSR count). The van der Waals surface area contributed by atoms with Crippen molar-refractivity contribution in [2.45, 2.75) is 43.9 Å². The molecule has 1 spiro atoms. The van der Waals surface area contributed by atoms with Gasteiger partial charge >= 0.3 is 0 Å². The van der Waals surface area contributed by atoms with Gasteiger partial charge in [0, 0.05) is 17.9 Å². The lowest BCUT2D eigenvalue weighted by atomic mass is 9.90. The van der Waals surface area contributed by atoms with Crippen molar-refractivity contribution >= 4 is 11.6 Å². The monoisotopic (exact) mass is 333 g/mol. The Bertz CT molecular complexity index is 874. The fourth-order valence-corrected chi connectivity index (χ4v) is 5.16. The summed E-state index contributed by atoms with van der Waals surface area (Å²) in [5.74, 6) is 0.883. The van der Waals surface area contributed by atoms with Crippen LogP contribution in [-0.4, -0.2) is 17.6 Å². The average Bonchev–Trinajstić information content (AvgIpc) is 3.24. The van der Waals surface area contributed by atoms with Gasteiger partial charge in [-0.1, -0.05) is 43.3 Å². The lowest BCUT2D eigenvalue weighted by molar-refractivity contribution is -0.120. The Labute approximate surface area is 148 Å². The molecule has 3 atom stereocenters. The first-order chi connectivity index (χ1) is 12.1. The quantitative estimate of drug-likeness (QED) is 0.852. The second kappa shape index (κ2) is 5.10. The van der Waals surface area contributed by atoms with Crippen LogP contribution in [0.15, 0.2) is 42.5 Å². The van der Waals surface area contributed by atoms with Gasteiger partial charge in [-0.25, -0.2) is 0 Å². The lowest BCUT2D eigenvalue weighted by Crippen LogP contribution is -2.38. The van der Waals surface area contributed by atoms with Crippen molar-refractivity contribution in [3.63, 3.8) is 0 Å². The molecule has 1 aliphatic heterocycles. The van der Waals surface area contributed by atoms with Crippen molar-refractivity contribution in [2.24, 2.45) is 5.92 Å². The summed E-state index contributed by atoms with van der Waals surface area (Å²) >= 11 is 0. The van der Waals surface area contributed by atoms with Gasteiger partial charge in [-0.05, 0) is 54.4 Å². The van der Waals surface area contributed by atoms with E-state index in [1.54, 1.807) is 6.07 Å². The molecule has 128 valence electrons. The van der Waals surface area contributed by atoms with Crippen LogP contribution in [0.2, 0.25) is 0 Å². The molecular weight excluding hydrogens is 310 g/mol. The van der Waals surface area contributed by atoms with Gasteiger partial charge in [-0.15, -0.1) is 0 Å². The predicted octanol–water partition coefficient (Wildman–Crippen LogP) is 4.14. The minimum Gasteiger partial charge on any atom is -0.506 e. The number of nitrogens with zero attached hydrogens (tertiary/aromatic N) is 1. The number of para-hydroxylation sites is 1. The summed E-state index contributed by atoms with van der Waals surface area (Å²) in [4.78, 5) is 15.2. The van der Waals surface area contributed by atoms with E-state index in [4.69, 9.17) is 0 Å². The van der Waals surface area contributed by atoms with E-state index in [1.807, 2.05) is 17.0 Å². The van der Waals surface area contributed by atoms with E-state index < -0.39 is 0 Å². The second-order valence-corrected chi connectivity index (χ2v) is 7.96. The van der Waals surface area contributed by atoms with Gasteiger partial charge in [0.15, 0.2) is 0 Å². The van der Waals surface area contributed by atoms with E-state index in [1.165, 1.54) is 11.1 Å². The fourth-order valence-electron chi connectivity index (χ4n) is 5.16. The maximum atomic E-state index is 13.4. The van der Waals surface area contributed by atoms with Crippen LogP contribution in [0.3, 0.4) is 0 Å². The Kier molecular flexibility index (Phi) is 3.06. The van der Waals surface area contributed by atoms with Crippen molar-refractivity contribution in [1.82, 2.24) is 0 Å². The summed E-state index contributed by atoms with van der Waals surface area (Å²) in [6, 6.07) is 14.2. The zero-order valence-corrected chi connectivity index (χ0v) is 14.5. The third kappa shape index (κ3) is 2.01. The average molecular weight is 333 g/mol. The number of hydrogen-bond acceptors (Lipinski definition) is 2. The lowest BCUT2D eigenvalue weighted by Gasteiger charge is -2.34. The number of fused-ring (bicyclic) bond motifs is 3. The van der Waals surface area contributed by atoms with Gasteiger partial charge in [0.2, 0.25) is 5.91 Å². The number of anilines is 1. The van der Waals surface area contributed by atoms with E-state index in [0.717, 1.165) is 36.9 Å². The van der Waals surface area contributed by atoms with Crippen LogP contribution in [0.5, 0.6) is 5.75 Å². The van der Waals surface area contributed by atoms with Crippen LogP contribution >= 0.6 is 0 Å². The van der Waals surface area contributed by atoms with Crippen LogP contribution in [0.4, 0.5) is 5.69 Å². The summed E-state index contributed by atoms with van der Waals surface area (Å²) in [5.41, 5.74) is 4.70. The summed E-state index contributed by atoms with van der Waals surface area (Å²) in [7, 11) is 0. The van der Waals surface area contributed by atoms with E-state index in [2.05, 4.69) is 31.2 Å². The molecule has 25 heavy (non-hydrogen) atoms. The standard InChI is InChI=1S/C22H23NO2/c1-14-10-12-23(20-16(14)6-4-8-19(20)24)21(25)18-13-22(18)11-9-15-5-2-3-7-17(15)22/h2-8,14,18,24H,9-13H2,1H3. The first kappa shape index (κ1) is 15.0. The largest absolute Gasteiger partial charge is 0.506 e.